The molecule has 1 aromatic carbocycles. The molecule has 0 atom stereocenters. The van der Waals surface area contributed by atoms with E-state index in [1.807, 2.05) is 12.3 Å². The number of halogens is 2. The standard InChI is InChI=1S/C11H11Cl2N/c1-6(2)9-5-14-11-8(9)3-7(12)4-10(11)13/h3-6,14H,1-2H3. The van der Waals surface area contributed by atoms with Gasteiger partial charge in [0.25, 0.3) is 0 Å². The minimum absolute atomic E-state index is 0.471. The topological polar surface area (TPSA) is 15.8 Å². The first-order valence-electron chi connectivity index (χ1n) is 4.55. The molecule has 0 amide bonds. The second kappa shape index (κ2) is 3.48. The summed E-state index contributed by atoms with van der Waals surface area (Å²) in [4.78, 5) is 3.17. The summed E-state index contributed by atoms with van der Waals surface area (Å²) < 4.78 is 0. The molecule has 3 heteroatoms. The molecule has 74 valence electrons. The number of rotatable bonds is 1. The van der Waals surface area contributed by atoms with Crippen LogP contribution < -0.4 is 0 Å². The number of fused-ring (bicyclic) bond motifs is 1. The van der Waals surface area contributed by atoms with E-state index < -0.39 is 0 Å². The van der Waals surface area contributed by atoms with E-state index in [1.165, 1.54) is 5.56 Å². The Bertz CT molecular complexity index is 471. The number of aromatic nitrogens is 1. The maximum Gasteiger partial charge on any atom is 0.0661 e. The van der Waals surface area contributed by atoms with Gasteiger partial charge in [-0.3, -0.25) is 0 Å². The molecule has 0 spiro atoms. The van der Waals surface area contributed by atoms with E-state index in [1.54, 1.807) is 6.07 Å². The fraction of sp³-hybridized carbons (Fsp3) is 0.273. The molecule has 2 rings (SSSR count). The molecule has 14 heavy (non-hydrogen) atoms. The molecule has 1 heterocycles. The fourth-order valence-corrected chi connectivity index (χ4v) is 2.20. The Kier molecular flexibility index (Phi) is 2.46. The summed E-state index contributed by atoms with van der Waals surface area (Å²) in [6, 6.07) is 3.71. The van der Waals surface area contributed by atoms with E-state index in [2.05, 4.69) is 18.8 Å². The molecule has 1 nitrogen and oxygen atoms in total. The maximum absolute atomic E-state index is 6.06. The summed E-state index contributed by atoms with van der Waals surface area (Å²) in [7, 11) is 0. The van der Waals surface area contributed by atoms with Crippen molar-refractivity contribution >= 4 is 34.1 Å². The number of benzene rings is 1. The minimum Gasteiger partial charge on any atom is -0.360 e. The van der Waals surface area contributed by atoms with Gasteiger partial charge in [-0.2, -0.15) is 0 Å². The van der Waals surface area contributed by atoms with Crippen molar-refractivity contribution in [3.8, 4) is 0 Å². The van der Waals surface area contributed by atoms with Crippen molar-refractivity contribution in [2.24, 2.45) is 0 Å². The molecule has 0 radical (unpaired) electrons. The SMILES string of the molecule is CC(C)c1c[nH]c2c(Cl)cc(Cl)cc12. The number of aromatic amines is 1. The Morgan fingerprint density at radius 1 is 1.21 bits per heavy atom. The van der Waals surface area contributed by atoms with Gasteiger partial charge in [-0.25, -0.2) is 0 Å². The molecule has 1 aromatic heterocycles. The molecular weight excluding hydrogens is 217 g/mol. The first-order chi connectivity index (χ1) is 6.59. The van der Waals surface area contributed by atoms with Crippen molar-refractivity contribution in [2.75, 3.05) is 0 Å². The number of hydrogen-bond acceptors (Lipinski definition) is 0. The Hall–Kier alpha value is -0.660. The van der Waals surface area contributed by atoms with Gasteiger partial charge in [0.05, 0.1) is 10.5 Å². The number of hydrogen-bond donors (Lipinski definition) is 1. The number of H-pyrrole nitrogens is 1. The Morgan fingerprint density at radius 3 is 2.57 bits per heavy atom. The van der Waals surface area contributed by atoms with Crippen LogP contribution in [0.25, 0.3) is 10.9 Å². The molecular formula is C11H11Cl2N. The molecule has 0 fully saturated rings. The van der Waals surface area contributed by atoms with E-state index in [4.69, 9.17) is 23.2 Å². The van der Waals surface area contributed by atoms with Crippen LogP contribution >= 0.6 is 23.2 Å². The summed E-state index contributed by atoms with van der Waals surface area (Å²) in [5, 5.41) is 2.49. The highest BCUT2D eigenvalue weighted by molar-refractivity contribution is 6.38. The summed E-state index contributed by atoms with van der Waals surface area (Å²) in [6.07, 6.45) is 2.00. The molecule has 0 unspecified atom stereocenters. The predicted octanol–water partition coefficient (Wildman–Crippen LogP) is 4.60. The normalized spacial score (nSPS) is 11.5. The zero-order chi connectivity index (χ0) is 10.3. The zero-order valence-corrected chi connectivity index (χ0v) is 9.58. The fourth-order valence-electron chi connectivity index (χ4n) is 1.65. The number of nitrogens with one attached hydrogen (secondary N) is 1. The van der Waals surface area contributed by atoms with Crippen LogP contribution in [0.1, 0.15) is 25.3 Å². The molecule has 0 saturated heterocycles. The average Bonchev–Trinajstić information content (AvgIpc) is 2.47. The monoisotopic (exact) mass is 227 g/mol. The lowest BCUT2D eigenvalue weighted by Crippen LogP contribution is -1.83. The average molecular weight is 228 g/mol. The van der Waals surface area contributed by atoms with Gasteiger partial charge >= 0.3 is 0 Å². The summed E-state index contributed by atoms with van der Waals surface area (Å²) >= 11 is 12.0. The van der Waals surface area contributed by atoms with E-state index in [0.717, 1.165) is 10.9 Å². The highest BCUT2D eigenvalue weighted by atomic mass is 35.5. The van der Waals surface area contributed by atoms with Crippen LogP contribution in [0.4, 0.5) is 0 Å². The van der Waals surface area contributed by atoms with Gasteiger partial charge in [0.2, 0.25) is 0 Å². The van der Waals surface area contributed by atoms with Crippen molar-refractivity contribution in [1.29, 1.82) is 0 Å². The second-order valence-corrected chi connectivity index (χ2v) is 4.55. The van der Waals surface area contributed by atoms with E-state index in [0.29, 0.717) is 16.0 Å². The van der Waals surface area contributed by atoms with Gasteiger partial charge in [-0.1, -0.05) is 37.0 Å². The Balaban J connectivity index is 2.78. The predicted molar refractivity (Wildman–Crippen MR) is 62.4 cm³/mol. The van der Waals surface area contributed by atoms with Crippen LogP contribution in [0.5, 0.6) is 0 Å². The lowest BCUT2D eigenvalue weighted by molar-refractivity contribution is 0.875. The lowest BCUT2D eigenvalue weighted by atomic mass is 10.0. The van der Waals surface area contributed by atoms with Gasteiger partial charge in [0.1, 0.15) is 0 Å². The third-order valence-electron chi connectivity index (χ3n) is 2.36. The zero-order valence-electron chi connectivity index (χ0n) is 8.07. The Labute approximate surface area is 93.0 Å². The molecule has 0 aliphatic heterocycles. The van der Waals surface area contributed by atoms with Crippen molar-refractivity contribution in [2.45, 2.75) is 19.8 Å². The van der Waals surface area contributed by atoms with Crippen LogP contribution in [0, 0.1) is 0 Å². The van der Waals surface area contributed by atoms with Crippen LogP contribution in [0.2, 0.25) is 10.0 Å². The summed E-state index contributed by atoms with van der Waals surface area (Å²) in [6.45, 7) is 4.30. The van der Waals surface area contributed by atoms with E-state index >= 15 is 0 Å². The van der Waals surface area contributed by atoms with Crippen molar-refractivity contribution < 1.29 is 0 Å². The van der Waals surface area contributed by atoms with Crippen LogP contribution in [-0.4, -0.2) is 4.98 Å². The molecule has 0 saturated carbocycles. The molecule has 0 aliphatic carbocycles. The first-order valence-corrected chi connectivity index (χ1v) is 5.31. The van der Waals surface area contributed by atoms with Crippen LogP contribution in [0.15, 0.2) is 18.3 Å². The molecule has 1 N–H and O–H groups in total. The Morgan fingerprint density at radius 2 is 1.93 bits per heavy atom. The van der Waals surface area contributed by atoms with Crippen molar-refractivity contribution in [1.82, 2.24) is 4.98 Å². The van der Waals surface area contributed by atoms with Crippen molar-refractivity contribution in [3.63, 3.8) is 0 Å². The quantitative estimate of drug-likeness (QED) is 0.734. The van der Waals surface area contributed by atoms with E-state index in [-0.39, 0.29) is 0 Å². The van der Waals surface area contributed by atoms with Gasteiger partial charge in [-0.15, -0.1) is 0 Å². The molecule has 0 aliphatic rings. The lowest BCUT2D eigenvalue weighted by Gasteiger charge is -2.03. The third kappa shape index (κ3) is 1.51. The van der Waals surface area contributed by atoms with Gasteiger partial charge in [0, 0.05) is 16.6 Å². The smallest absolute Gasteiger partial charge is 0.0661 e. The second-order valence-electron chi connectivity index (χ2n) is 3.71. The minimum atomic E-state index is 0.471. The van der Waals surface area contributed by atoms with Gasteiger partial charge in [0.15, 0.2) is 0 Å². The maximum atomic E-state index is 6.06. The van der Waals surface area contributed by atoms with Crippen LogP contribution in [0.3, 0.4) is 0 Å². The van der Waals surface area contributed by atoms with Crippen LogP contribution in [-0.2, 0) is 0 Å². The first kappa shape index (κ1) is 9.88. The van der Waals surface area contributed by atoms with Gasteiger partial charge < -0.3 is 4.98 Å². The van der Waals surface area contributed by atoms with E-state index in [9.17, 15) is 0 Å². The summed E-state index contributed by atoms with van der Waals surface area (Å²) in [5.41, 5.74) is 2.23. The highest BCUT2D eigenvalue weighted by Gasteiger charge is 2.10. The highest BCUT2D eigenvalue weighted by Crippen LogP contribution is 2.32. The molecule has 2 aromatic rings. The summed E-state index contributed by atoms with van der Waals surface area (Å²) in [5.74, 6) is 0.471. The third-order valence-corrected chi connectivity index (χ3v) is 2.88. The van der Waals surface area contributed by atoms with Crippen molar-refractivity contribution in [3.05, 3.63) is 33.9 Å². The van der Waals surface area contributed by atoms with Gasteiger partial charge in [-0.05, 0) is 23.6 Å². The largest absolute Gasteiger partial charge is 0.360 e. The molecule has 0 bridgehead atoms.